The Morgan fingerprint density at radius 3 is 2.53 bits per heavy atom. The van der Waals surface area contributed by atoms with Crippen LogP contribution >= 0.6 is 0 Å². The van der Waals surface area contributed by atoms with E-state index < -0.39 is 5.97 Å². The van der Waals surface area contributed by atoms with Crippen LogP contribution in [0.15, 0.2) is 0 Å². The maximum Gasteiger partial charge on any atom is 0.305 e. The summed E-state index contributed by atoms with van der Waals surface area (Å²) in [6.45, 7) is 7.29. The number of carboxylic acids is 1. The number of ether oxygens (including phenoxy) is 1. The summed E-state index contributed by atoms with van der Waals surface area (Å²) in [5, 5.41) is 8.95. The molecule has 0 aromatic carbocycles. The van der Waals surface area contributed by atoms with Gasteiger partial charge in [-0.05, 0) is 13.3 Å². The van der Waals surface area contributed by atoms with Gasteiger partial charge in [0.15, 0.2) is 0 Å². The zero-order chi connectivity index (χ0) is 11.3. The summed E-state index contributed by atoms with van der Waals surface area (Å²) < 4.78 is 5.29. The van der Waals surface area contributed by atoms with E-state index in [9.17, 15) is 4.79 Å². The molecule has 0 spiro atoms. The summed E-state index contributed by atoms with van der Waals surface area (Å²) in [5.41, 5.74) is -0.204. The molecule has 0 amide bonds. The molecule has 4 heteroatoms. The number of hydrogen-bond donors (Lipinski definition) is 1. The first kappa shape index (κ1) is 12.5. The van der Waals surface area contributed by atoms with Crippen LogP contribution in [0.1, 0.15) is 33.1 Å². The molecule has 1 atom stereocenters. The van der Waals surface area contributed by atoms with E-state index in [-0.39, 0.29) is 12.0 Å². The lowest BCUT2D eigenvalue weighted by Gasteiger charge is -2.42. The van der Waals surface area contributed by atoms with Gasteiger partial charge in [0.05, 0.1) is 19.6 Å². The number of aliphatic carboxylic acids is 1. The van der Waals surface area contributed by atoms with E-state index in [0.29, 0.717) is 0 Å². The minimum absolute atomic E-state index is 0.204. The highest BCUT2D eigenvalue weighted by Crippen LogP contribution is 2.26. The molecule has 0 aliphatic carbocycles. The molecule has 0 radical (unpaired) electrons. The molecular formula is C11H21NO3. The Bertz CT molecular complexity index is 214. The Morgan fingerprint density at radius 2 is 2.07 bits per heavy atom. The smallest absolute Gasteiger partial charge is 0.305 e. The van der Waals surface area contributed by atoms with Gasteiger partial charge in [-0.1, -0.05) is 13.3 Å². The van der Waals surface area contributed by atoms with Crippen LogP contribution in [0.2, 0.25) is 0 Å². The number of morpholine rings is 1. The van der Waals surface area contributed by atoms with Crippen LogP contribution in [-0.4, -0.2) is 47.8 Å². The van der Waals surface area contributed by atoms with E-state index >= 15 is 0 Å². The minimum atomic E-state index is -0.711. The van der Waals surface area contributed by atoms with Crippen LogP contribution in [-0.2, 0) is 9.53 Å². The highest BCUT2D eigenvalue weighted by Gasteiger charge is 2.34. The Balaban J connectivity index is 2.64. The van der Waals surface area contributed by atoms with Crippen molar-refractivity contribution in [1.29, 1.82) is 0 Å². The maximum absolute atomic E-state index is 10.9. The molecule has 1 aliphatic rings. The third-order valence-electron chi connectivity index (χ3n) is 3.10. The first-order chi connectivity index (χ1) is 7.08. The summed E-state index contributed by atoms with van der Waals surface area (Å²) in [6.07, 6.45) is 2.17. The van der Waals surface area contributed by atoms with Crippen molar-refractivity contribution in [3.8, 4) is 0 Å². The molecule has 1 rings (SSSR count). The molecule has 0 aromatic rings. The average Bonchev–Trinajstić information content (AvgIpc) is 2.18. The van der Waals surface area contributed by atoms with Crippen LogP contribution in [0.3, 0.4) is 0 Å². The van der Waals surface area contributed by atoms with Gasteiger partial charge in [-0.2, -0.15) is 0 Å². The molecule has 0 bridgehead atoms. The lowest BCUT2D eigenvalue weighted by Crippen LogP contribution is -2.52. The maximum atomic E-state index is 10.9. The second kappa shape index (κ2) is 5.47. The second-order valence-electron chi connectivity index (χ2n) is 4.42. The number of rotatable bonds is 5. The Hall–Kier alpha value is -0.610. The molecule has 1 saturated heterocycles. The molecule has 4 nitrogen and oxygen atoms in total. The van der Waals surface area contributed by atoms with E-state index in [0.717, 1.165) is 39.1 Å². The lowest BCUT2D eigenvalue weighted by atomic mass is 9.89. The summed E-state index contributed by atoms with van der Waals surface area (Å²) in [5.74, 6) is -0.711. The average molecular weight is 215 g/mol. The lowest BCUT2D eigenvalue weighted by molar-refractivity contribution is -0.141. The van der Waals surface area contributed by atoms with Crippen LogP contribution in [0.4, 0.5) is 0 Å². The van der Waals surface area contributed by atoms with E-state index in [1.807, 2.05) is 0 Å². The van der Waals surface area contributed by atoms with Crippen molar-refractivity contribution in [3.63, 3.8) is 0 Å². The van der Waals surface area contributed by atoms with E-state index in [1.54, 1.807) is 0 Å². The Kier molecular flexibility index (Phi) is 4.54. The van der Waals surface area contributed by atoms with Crippen LogP contribution in [0, 0.1) is 0 Å². The molecule has 88 valence electrons. The summed E-state index contributed by atoms with van der Waals surface area (Å²) in [6, 6.07) is 0. The number of nitrogens with zero attached hydrogens (tertiary/aromatic N) is 1. The fourth-order valence-electron chi connectivity index (χ4n) is 2.33. The summed E-state index contributed by atoms with van der Waals surface area (Å²) in [4.78, 5) is 13.1. The third kappa shape index (κ3) is 3.47. The molecule has 0 saturated carbocycles. The van der Waals surface area contributed by atoms with Crippen molar-refractivity contribution >= 4 is 5.97 Å². The van der Waals surface area contributed by atoms with Crippen molar-refractivity contribution in [2.75, 3.05) is 26.3 Å². The first-order valence-electron chi connectivity index (χ1n) is 5.63. The van der Waals surface area contributed by atoms with Gasteiger partial charge in [0.2, 0.25) is 0 Å². The van der Waals surface area contributed by atoms with Crippen LogP contribution < -0.4 is 0 Å². The summed E-state index contributed by atoms with van der Waals surface area (Å²) in [7, 11) is 0. The number of carboxylic acid groups (broad SMARTS) is 1. The van der Waals surface area contributed by atoms with Crippen LogP contribution in [0.25, 0.3) is 0 Å². The highest BCUT2D eigenvalue weighted by molar-refractivity contribution is 5.68. The van der Waals surface area contributed by atoms with Gasteiger partial charge in [-0.3, -0.25) is 9.69 Å². The predicted molar refractivity (Wildman–Crippen MR) is 58.0 cm³/mol. The first-order valence-corrected chi connectivity index (χ1v) is 5.63. The Labute approximate surface area is 91.2 Å². The topological polar surface area (TPSA) is 49.8 Å². The third-order valence-corrected chi connectivity index (χ3v) is 3.10. The van der Waals surface area contributed by atoms with Gasteiger partial charge in [0.25, 0.3) is 0 Å². The van der Waals surface area contributed by atoms with Gasteiger partial charge in [-0.25, -0.2) is 0 Å². The molecule has 15 heavy (non-hydrogen) atoms. The zero-order valence-corrected chi connectivity index (χ0v) is 9.66. The molecule has 0 aromatic heterocycles. The highest BCUT2D eigenvalue weighted by atomic mass is 16.5. The molecule has 1 aliphatic heterocycles. The summed E-state index contributed by atoms with van der Waals surface area (Å²) >= 11 is 0. The van der Waals surface area contributed by atoms with Gasteiger partial charge in [0.1, 0.15) is 0 Å². The van der Waals surface area contributed by atoms with Crippen molar-refractivity contribution in [2.24, 2.45) is 0 Å². The molecule has 1 unspecified atom stereocenters. The predicted octanol–water partition coefficient (Wildman–Crippen LogP) is 1.35. The zero-order valence-electron chi connectivity index (χ0n) is 9.66. The van der Waals surface area contributed by atoms with Gasteiger partial charge < -0.3 is 9.84 Å². The van der Waals surface area contributed by atoms with Crippen molar-refractivity contribution in [2.45, 2.75) is 38.6 Å². The number of hydrogen-bond acceptors (Lipinski definition) is 3. The molecular weight excluding hydrogens is 194 g/mol. The van der Waals surface area contributed by atoms with Crippen LogP contribution in [0.5, 0.6) is 0 Å². The van der Waals surface area contributed by atoms with Gasteiger partial charge in [-0.15, -0.1) is 0 Å². The minimum Gasteiger partial charge on any atom is -0.481 e. The SMILES string of the molecule is CCCC(C)(CC(=O)O)N1CCOCC1. The van der Waals surface area contributed by atoms with E-state index in [4.69, 9.17) is 9.84 Å². The standard InChI is InChI=1S/C11H21NO3/c1-3-4-11(2,9-10(13)14)12-5-7-15-8-6-12/h3-9H2,1-2H3,(H,13,14). The fraction of sp³-hybridized carbons (Fsp3) is 0.909. The molecule has 1 fully saturated rings. The largest absolute Gasteiger partial charge is 0.481 e. The number of carbonyl (C=O) groups is 1. The van der Waals surface area contributed by atoms with Gasteiger partial charge in [0, 0.05) is 18.6 Å². The van der Waals surface area contributed by atoms with E-state index in [2.05, 4.69) is 18.7 Å². The normalized spacial score (nSPS) is 22.3. The van der Waals surface area contributed by atoms with Crippen molar-refractivity contribution in [1.82, 2.24) is 4.90 Å². The molecule has 1 N–H and O–H groups in total. The van der Waals surface area contributed by atoms with Crippen molar-refractivity contribution in [3.05, 3.63) is 0 Å². The fourth-order valence-corrected chi connectivity index (χ4v) is 2.33. The van der Waals surface area contributed by atoms with E-state index in [1.165, 1.54) is 0 Å². The van der Waals surface area contributed by atoms with Crippen molar-refractivity contribution < 1.29 is 14.6 Å². The molecule has 1 heterocycles. The second-order valence-corrected chi connectivity index (χ2v) is 4.42. The van der Waals surface area contributed by atoms with Gasteiger partial charge >= 0.3 is 5.97 Å². The monoisotopic (exact) mass is 215 g/mol. The Morgan fingerprint density at radius 1 is 1.47 bits per heavy atom. The quantitative estimate of drug-likeness (QED) is 0.752.